The molecule has 1 aromatic heterocycles. The van der Waals surface area contributed by atoms with Gasteiger partial charge in [-0.1, -0.05) is 0 Å². The fourth-order valence-electron chi connectivity index (χ4n) is 2.49. The topological polar surface area (TPSA) is 28.2 Å². The van der Waals surface area contributed by atoms with E-state index in [0.717, 1.165) is 5.92 Å². The molecule has 0 bridgehead atoms. The fourth-order valence-corrected chi connectivity index (χ4v) is 2.49. The van der Waals surface area contributed by atoms with Crippen LogP contribution in [0.5, 0.6) is 0 Å². The van der Waals surface area contributed by atoms with Crippen molar-refractivity contribution in [2.24, 2.45) is 5.92 Å². The van der Waals surface area contributed by atoms with Crippen molar-refractivity contribution in [2.75, 3.05) is 24.5 Å². The maximum Gasteiger partial charge on any atom is 0.0399 e. The van der Waals surface area contributed by atoms with Gasteiger partial charge in [0.25, 0.3) is 0 Å². The molecule has 1 fully saturated rings. The Morgan fingerprint density at radius 2 is 1.94 bits per heavy atom. The van der Waals surface area contributed by atoms with Crippen LogP contribution >= 0.6 is 0 Å². The normalized spacial score (nSPS) is 17.4. The lowest BCUT2D eigenvalue weighted by Crippen LogP contribution is -2.39. The van der Waals surface area contributed by atoms with Crippen molar-refractivity contribution in [1.82, 2.24) is 10.3 Å². The largest absolute Gasteiger partial charge is 0.369 e. The molecule has 1 saturated heterocycles. The van der Waals surface area contributed by atoms with Crippen LogP contribution < -0.4 is 10.2 Å². The van der Waals surface area contributed by atoms with Crippen molar-refractivity contribution in [3.63, 3.8) is 0 Å². The van der Waals surface area contributed by atoms with Gasteiger partial charge in [-0.25, -0.2) is 0 Å². The number of nitrogens with zero attached hydrogens (tertiary/aromatic N) is 2. The van der Waals surface area contributed by atoms with Crippen LogP contribution in [0.4, 0.5) is 5.69 Å². The number of aromatic nitrogens is 1. The molecular weight excluding hydrogens is 210 g/mol. The molecule has 0 atom stereocenters. The van der Waals surface area contributed by atoms with Crippen LogP contribution in [0.25, 0.3) is 0 Å². The van der Waals surface area contributed by atoms with Gasteiger partial charge in [-0.15, -0.1) is 0 Å². The average molecular weight is 233 g/mol. The summed E-state index contributed by atoms with van der Waals surface area (Å²) < 4.78 is 0. The smallest absolute Gasteiger partial charge is 0.0399 e. The SMILES string of the molecule is CC(C)N(CC1CCNCC1)c1ccncc1. The molecule has 0 aliphatic carbocycles. The molecule has 1 N–H and O–H groups in total. The Kier molecular flexibility index (Phi) is 4.37. The van der Waals surface area contributed by atoms with Crippen LogP contribution in [0.2, 0.25) is 0 Å². The van der Waals surface area contributed by atoms with E-state index in [-0.39, 0.29) is 0 Å². The predicted octanol–water partition coefficient (Wildman–Crippen LogP) is 2.30. The van der Waals surface area contributed by atoms with Gasteiger partial charge in [0.2, 0.25) is 0 Å². The van der Waals surface area contributed by atoms with Gasteiger partial charge in [-0.3, -0.25) is 4.98 Å². The lowest BCUT2D eigenvalue weighted by molar-refractivity contribution is 0.368. The number of nitrogens with one attached hydrogen (secondary N) is 1. The lowest BCUT2D eigenvalue weighted by atomic mass is 9.97. The van der Waals surface area contributed by atoms with Gasteiger partial charge in [0.1, 0.15) is 0 Å². The number of hydrogen-bond acceptors (Lipinski definition) is 3. The van der Waals surface area contributed by atoms with Gasteiger partial charge < -0.3 is 10.2 Å². The Bertz CT molecular complexity index is 317. The van der Waals surface area contributed by atoms with Crippen molar-refractivity contribution in [3.05, 3.63) is 24.5 Å². The molecule has 2 rings (SSSR count). The molecule has 0 saturated carbocycles. The minimum Gasteiger partial charge on any atom is -0.369 e. The van der Waals surface area contributed by atoms with Crippen LogP contribution in [0.3, 0.4) is 0 Å². The minimum atomic E-state index is 0.548. The summed E-state index contributed by atoms with van der Waals surface area (Å²) in [5.41, 5.74) is 1.30. The van der Waals surface area contributed by atoms with Crippen molar-refractivity contribution < 1.29 is 0 Å². The molecule has 0 amide bonds. The number of rotatable bonds is 4. The van der Waals surface area contributed by atoms with Gasteiger partial charge in [-0.05, 0) is 57.8 Å². The van der Waals surface area contributed by atoms with E-state index < -0.39 is 0 Å². The van der Waals surface area contributed by atoms with Crippen molar-refractivity contribution >= 4 is 5.69 Å². The van der Waals surface area contributed by atoms with Crippen molar-refractivity contribution in [3.8, 4) is 0 Å². The molecule has 3 heteroatoms. The van der Waals surface area contributed by atoms with E-state index in [1.165, 1.54) is 38.2 Å². The second-order valence-corrected chi connectivity index (χ2v) is 5.14. The second-order valence-electron chi connectivity index (χ2n) is 5.14. The van der Waals surface area contributed by atoms with Crippen LogP contribution in [0, 0.1) is 5.92 Å². The van der Waals surface area contributed by atoms with Gasteiger partial charge in [-0.2, -0.15) is 0 Å². The first kappa shape index (κ1) is 12.4. The Morgan fingerprint density at radius 3 is 2.53 bits per heavy atom. The van der Waals surface area contributed by atoms with E-state index in [1.54, 1.807) is 0 Å². The van der Waals surface area contributed by atoms with Gasteiger partial charge in [0, 0.05) is 30.7 Å². The highest BCUT2D eigenvalue weighted by molar-refractivity contribution is 5.45. The zero-order chi connectivity index (χ0) is 12.1. The van der Waals surface area contributed by atoms with E-state index in [4.69, 9.17) is 0 Å². The van der Waals surface area contributed by atoms with Crippen LogP contribution in [-0.4, -0.2) is 30.7 Å². The molecule has 0 unspecified atom stereocenters. The van der Waals surface area contributed by atoms with Gasteiger partial charge >= 0.3 is 0 Å². The molecule has 2 heterocycles. The van der Waals surface area contributed by atoms with Crippen molar-refractivity contribution in [2.45, 2.75) is 32.7 Å². The third-order valence-corrected chi connectivity index (χ3v) is 3.53. The van der Waals surface area contributed by atoms with E-state index in [1.807, 2.05) is 12.4 Å². The first-order valence-electron chi connectivity index (χ1n) is 6.65. The highest BCUT2D eigenvalue weighted by Crippen LogP contribution is 2.21. The summed E-state index contributed by atoms with van der Waals surface area (Å²) in [6.07, 6.45) is 6.36. The molecule has 0 spiro atoms. The fraction of sp³-hybridized carbons (Fsp3) is 0.643. The average Bonchev–Trinajstić information content (AvgIpc) is 2.38. The molecule has 1 aromatic rings. The number of hydrogen-bond donors (Lipinski definition) is 1. The second kappa shape index (κ2) is 6.01. The zero-order valence-electron chi connectivity index (χ0n) is 10.9. The maximum absolute atomic E-state index is 4.10. The number of anilines is 1. The molecule has 3 nitrogen and oxygen atoms in total. The molecule has 0 aromatic carbocycles. The Balaban J connectivity index is 2.02. The highest BCUT2D eigenvalue weighted by atomic mass is 15.2. The van der Waals surface area contributed by atoms with E-state index in [0.29, 0.717) is 6.04 Å². The third kappa shape index (κ3) is 3.43. The van der Waals surface area contributed by atoms with Gasteiger partial charge in [0.05, 0.1) is 0 Å². The molecule has 17 heavy (non-hydrogen) atoms. The van der Waals surface area contributed by atoms with Crippen LogP contribution in [-0.2, 0) is 0 Å². The van der Waals surface area contributed by atoms with E-state index in [9.17, 15) is 0 Å². The zero-order valence-corrected chi connectivity index (χ0v) is 10.9. The van der Waals surface area contributed by atoms with Gasteiger partial charge in [0.15, 0.2) is 0 Å². The number of piperidine rings is 1. The summed E-state index contributed by atoms with van der Waals surface area (Å²) in [5, 5.41) is 3.43. The molecule has 94 valence electrons. The lowest BCUT2D eigenvalue weighted by Gasteiger charge is -2.34. The van der Waals surface area contributed by atoms with E-state index >= 15 is 0 Å². The molecule has 1 aliphatic rings. The maximum atomic E-state index is 4.10. The number of pyridine rings is 1. The third-order valence-electron chi connectivity index (χ3n) is 3.53. The first-order valence-corrected chi connectivity index (χ1v) is 6.65. The Morgan fingerprint density at radius 1 is 1.29 bits per heavy atom. The Labute approximate surface area is 104 Å². The predicted molar refractivity (Wildman–Crippen MR) is 72.3 cm³/mol. The molecule has 1 aliphatic heterocycles. The van der Waals surface area contributed by atoms with E-state index in [2.05, 4.69) is 41.2 Å². The Hall–Kier alpha value is -1.09. The summed E-state index contributed by atoms with van der Waals surface area (Å²) in [7, 11) is 0. The standard InChI is InChI=1S/C14H23N3/c1-12(2)17(14-5-9-16-10-6-14)11-13-3-7-15-8-4-13/h5-6,9-10,12-13,15H,3-4,7-8,11H2,1-2H3. The van der Waals surface area contributed by atoms with Crippen LogP contribution in [0.1, 0.15) is 26.7 Å². The quantitative estimate of drug-likeness (QED) is 0.865. The highest BCUT2D eigenvalue weighted by Gasteiger charge is 2.19. The molecule has 0 radical (unpaired) electrons. The first-order chi connectivity index (χ1) is 8.27. The molecular formula is C14H23N3. The summed E-state index contributed by atoms with van der Waals surface area (Å²) >= 11 is 0. The summed E-state index contributed by atoms with van der Waals surface area (Å²) in [4.78, 5) is 6.59. The summed E-state index contributed by atoms with van der Waals surface area (Å²) in [6.45, 7) is 8.05. The van der Waals surface area contributed by atoms with Crippen LogP contribution in [0.15, 0.2) is 24.5 Å². The monoisotopic (exact) mass is 233 g/mol. The minimum absolute atomic E-state index is 0.548. The summed E-state index contributed by atoms with van der Waals surface area (Å²) in [6, 6.07) is 4.77. The summed E-state index contributed by atoms with van der Waals surface area (Å²) in [5.74, 6) is 0.826. The van der Waals surface area contributed by atoms with Crippen molar-refractivity contribution in [1.29, 1.82) is 0 Å².